The topological polar surface area (TPSA) is 38.3 Å². The van der Waals surface area contributed by atoms with E-state index in [1.54, 1.807) is 0 Å². The van der Waals surface area contributed by atoms with Gasteiger partial charge in [0.15, 0.2) is 0 Å². The number of benzene rings is 1. The Hall–Kier alpha value is -1.35. The van der Waals surface area contributed by atoms with Crippen LogP contribution < -0.4 is 5.48 Å². The van der Waals surface area contributed by atoms with Crippen molar-refractivity contribution in [3.05, 3.63) is 35.9 Å². The lowest BCUT2D eigenvalue weighted by molar-refractivity contribution is -0.139. The molecule has 0 spiro atoms. The van der Waals surface area contributed by atoms with Gasteiger partial charge in [0.05, 0.1) is 12.0 Å². The first-order valence-corrected chi connectivity index (χ1v) is 6.27. The van der Waals surface area contributed by atoms with Gasteiger partial charge in [-0.15, -0.1) is 0 Å². The van der Waals surface area contributed by atoms with Crippen LogP contribution in [0.15, 0.2) is 30.3 Å². The molecule has 3 nitrogen and oxygen atoms in total. The Morgan fingerprint density at radius 3 is 2.53 bits per heavy atom. The van der Waals surface area contributed by atoms with E-state index in [-0.39, 0.29) is 11.3 Å². The van der Waals surface area contributed by atoms with Crippen LogP contribution in [0, 0.1) is 0 Å². The van der Waals surface area contributed by atoms with Gasteiger partial charge in [0.2, 0.25) is 0 Å². The third kappa shape index (κ3) is 2.34. The molecule has 0 bridgehead atoms. The second-order valence-corrected chi connectivity index (χ2v) is 4.52. The number of carbonyl (C=O) groups excluding carboxylic acids is 1. The summed E-state index contributed by atoms with van der Waals surface area (Å²) in [4.78, 5) is 17.3. The quantitative estimate of drug-likeness (QED) is 0.812. The van der Waals surface area contributed by atoms with Gasteiger partial charge >= 0.3 is 0 Å². The van der Waals surface area contributed by atoms with Crippen molar-refractivity contribution in [1.82, 2.24) is 5.48 Å². The first kappa shape index (κ1) is 12.1. The molecule has 0 heterocycles. The second-order valence-electron chi connectivity index (χ2n) is 4.52. The molecule has 0 aromatic heterocycles. The summed E-state index contributed by atoms with van der Waals surface area (Å²) in [6.07, 6.45) is 4.04. The Morgan fingerprint density at radius 2 is 1.94 bits per heavy atom. The SMILES string of the molecule is CCONC(=O)C1(c2ccccc2)CCCC1. The maximum Gasteiger partial charge on any atom is 0.254 e. The van der Waals surface area contributed by atoms with Crippen LogP contribution in [0.3, 0.4) is 0 Å². The Morgan fingerprint density at radius 1 is 1.29 bits per heavy atom. The second kappa shape index (κ2) is 5.32. The zero-order valence-corrected chi connectivity index (χ0v) is 10.2. The van der Waals surface area contributed by atoms with Crippen molar-refractivity contribution in [1.29, 1.82) is 0 Å². The number of rotatable bonds is 4. The van der Waals surface area contributed by atoms with Crippen molar-refractivity contribution in [3.8, 4) is 0 Å². The first-order chi connectivity index (χ1) is 8.29. The lowest BCUT2D eigenvalue weighted by Gasteiger charge is -2.27. The van der Waals surface area contributed by atoms with Gasteiger partial charge in [-0.1, -0.05) is 43.2 Å². The van der Waals surface area contributed by atoms with Gasteiger partial charge in [-0.3, -0.25) is 9.63 Å². The molecule has 0 radical (unpaired) electrons. The van der Waals surface area contributed by atoms with Crippen LogP contribution in [0.1, 0.15) is 38.2 Å². The monoisotopic (exact) mass is 233 g/mol. The third-order valence-electron chi connectivity index (χ3n) is 3.53. The van der Waals surface area contributed by atoms with Crippen LogP contribution in [0.5, 0.6) is 0 Å². The minimum absolute atomic E-state index is 0.00282. The molecular weight excluding hydrogens is 214 g/mol. The van der Waals surface area contributed by atoms with E-state index in [0.717, 1.165) is 31.2 Å². The molecule has 0 unspecified atom stereocenters. The fourth-order valence-corrected chi connectivity index (χ4v) is 2.62. The average molecular weight is 233 g/mol. The highest BCUT2D eigenvalue weighted by Crippen LogP contribution is 2.41. The first-order valence-electron chi connectivity index (χ1n) is 6.27. The number of hydrogen-bond donors (Lipinski definition) is 1. The van der Waals surface area contributed by atoms with E-state index in [0.29, 0.717) is 6.61 Å². The van der Waals surface area contributed by atoms with Crippen LogP contribution in [0.4, 0.5) is 0 Å². The predicted octanol–water partition coefficient (Wildman–Crippen LogP) is 2.57. The summed E-state index contributed by atoms with van der Waals surface area (Å²) in [6.45, 7) is 2.36. The minimum atomic E-state index is -0.379. The van der Waals surface area contributed by atoms with E-state index in [2.05, 4.69) is 5.48 Å². The number of hydroxylamine groups is 1. The van der Waals surface area contributed by atoms with Gasteiger partial charge in [-0.2, -0.15) is 0 Å². The van der Waals surface area contributed by atoms with E-state index in [1.807, 2.05) is 37.3 Å². The molecule has 0 atom stereocenters. The summed E-state index contributed by atoms with van der Waals surface area (Å²) in [5.41, 5.74) is 3.30. The lowest BCUT2D eigenvalue weighted by atomic mass is 9.78. The lowest BCUT2D eigenvalue weighted by Crippen LogP contribution is -2.42. The molecule has 1 saturated carbocycles. The molecule has 1 aliphatic rings. The molecule has 17 heavy (non-hydrogen) atoms. The van der Waals surface area contributed by atoms with Crippen molar-refractivity contribution in [2.24, 2.45) is 0 Å². The van der Waals surface area contributed by atoms with Crippen molar-refractivity contribution < 1.29 is 9.63 Å². The van der Waals surface area contributed by atoms with E-state index in [9.17, 15) is 4.79 Å². The van der Waals surface area contributed by atoms with Crippen molar-refractivity contribution >= 4 is 5.91 Å². The van der Waals surface area contributed by atoms with Gasteiger partial charge < -0.3 is 0 Å². The highest BCUT2D eigenvalue weighted by atomic mass is 16.6. The van der Waals surface area contributed by atoms with Crippen LogP contribution in [-0.4, -0.2) is 12.5 Å². The predicted molar refractivity (Wildman–Crippen MR) is 66.4 cm³/mol. The van der Waals surface area contributed by atoms with Gasteiger partial charge in [0.25, 0.3) is 5.91 Å². The molecule has 1 aliphatic carbocycles. The van der Waals surface area contributed by atoms with Gasteiger partial charge in [-0.25, -0.2) is 5.48 Å². The summed E-state index contributed by atoms with van der Waals surface area (Å²) in [7, 11) is 0. The average Bonchev–Trinajstić information content (AvgIpc) is 2.87. The minimum Gasteiger partial charge on any atom is -0.274 e. The van der Waals surface area contributed by atoms with Gasteiger partial charge in [0.1, 0.15) is 0 Å². The zero-order chi connectivity index (χ0) is 12.1. The van der Waals surface area contributed by atoms with E-state index >= 15 is 0 Å². The molecule has 1 aromatic carbocycles. The molecule has 0 aliphatic heterocycles. The molecule has 1 N–H and O–H groups in total. The molecular formula is C14H19NO2. The molecule has 1 fully saturated rings. The summed E-state index contributed by atoms with van der Waals surface area (Å²) in [5.74, 6) is 0.00282. The molecule has 1 aromatic rings. The summed E-state index contributed by atoms with van der Waals surface area (Å²) in [5, 5.41) is 0. The summed E-state index contributed by atoms with van der Waals surface area (Å²) >= 11 is 0. The molecule has 3 heteroatoms. The van der Waals surface area contributed by atoms with Crippen molar-refractivity contribution in [2.75, 3.05) is 6.61 Å². The molecule has 92 valence electrons. The summed E-state index contributed by atoms with van der Waals surface area (Å²) < 4.78 is 0. The maximum absolute atomic E-state index is 12.3. The number of nitrogens with one attached hydrogen (secondary N) is 1. The Kier molecular flexibility index (Phi) is 3.79. The zero-order valence-electron chi connectivity index (χ0n) is 10.2. The van der Waals surface area contributed by atoms with Crippen molar-refractivity contribution in [2.45, 2.75) is 38.0 Å². The fourth-order valence-electron chi connectivity index (χ4n) is 2.62. The van der Waals surface area contributed by atoms with Crippen LogP contribution in [-0.2, 0) is 15.0 Å². The number of carbonyl (C=O) groups is 1. The normalized spacial score (nSPS) is 17.9. The Bertz CT molecular complexity index is 369. The summed E-state index contributed by atoms with van der Waals surface area (Å²) in [6, 6.07) is 10.0. The van der Waals surface area contributed by atoms with Crippen LogP contribution in [0.2, 0.25) is 0 Å². The highest BCUT2D eigenvalue weighted by Gasteiger charge is 2.42. The van der Waals surface area contributed by atoms with Crippen LogP contribution in [0.25, 0.3) is 0 Å². The molecule has 0 saturated heterocycles. The van der Waals surface area contributed by atoms with Crippen molar-refractivity contribution in [3.63, 3.8) is 0 Å². The maximum atomic E-state index is 12.3. The Labute approximate surface area is 102 Å². The smallest absolute Gasteiger partial charge is 0.254 e. The number of amides is 1. The van der Waals surface area contributed by atoms with Gasteiger partial charge in [0, 0.05) is 0 Å². The number of hydrogen-bond acceptors (Lipinski definition) is 2. The molecule has 1 amide bonds. The molecule has 2 rings (SSSR count). The standard InChI is InChI=1S/C14H19NO2/c1-2-17-15-13(16)14(10-6-7-11-14)12-8-4-3-5-9-12/h3-5,8-9H,2,6-7,10-11H2,1H3,(H,15,16). The van der Waals surface area contributed by atoms with E-state index in [1.165, 1.54) is 0 Å². The van der Waals surface area contributed by atoms with E-state index < -0.39 is 0 Å². The van der Waals surface area contributed by atoms with Gasteiger partial charge in [-0.05, 0) is 25.3 Å². The fraction of sp³-hybridized carbons (Fsp3) is 0.500. The third-order valence-corrected chi connectivity index (χ3v) is 3.53. The largest absolute Gasteiger partial charge is 0.274 e. The van der Waals surface area contributed by atoms with Crippen LogP contribution >= 0.6 is 0 Å². The van der Waals surface area contributed by atoms with E-state index in [4.69, 9.17) is 4.84 Å². The Balaban J connectivity index is 2.24. The highest BCUT2D eigenvalue weighted by molar-refractivity contribution is 5.87.